The van der Waals surface area contributed by atoms with Crippen LogP contribution < -0.4 is 11.1 Å². The lowest BCUT2D eigenvalue weighted by Gasteiger charge is -2.06. The van der Waals surface area contributed by atoms with E-state index in [4.69, 9.17) is 11.0 Å². The molecule has 0 atom stereocenters. The summed E-state index contributed by atoms with van der Waals surface area (Å²) < 4.78 is 1.71. The summed E-state index contributed by atoms with van der Waals surface area (Å²) in [6, 6.07) is 3.57. The van der Waals surface area contributed by atoms with Crippen LogP contribution in [0.25, 0.3) is 0 Å². The second kappa shape index (κ2) is 4.14. The average molecular weight is 228 g/mol. The number of nitrogens with zero attached hydrogens (tertiary/aromatic N) is 4. The quantitative estimate of drug-likeness (QED) is 0.808. The molecule has 0 aliphatic carbocycles. The van der Waals surface area contributed by atoms with Crippen LogP contribution in [0.15, 0.2) is 18.5 Å². The molecule has 0 unspecified atom stereocenters. The summed E-state index contributed by atoms with van der Waals surface area (Å²) in [4.78, 5) is 4.10. The minimum absolute atomic E-state index is 0.437. The van der Waals surface area contributed by atoms with Gasteiger partial charge in [-0.05, 0) is 13.0 Å². The molecule has 17 heavy (non-hydrogen) atoms. The predicted octanol–water partition coefficient (Wildman–Crippen LogP) is 1.32. The highest BCUT2D eigenvalue weighted by atomic mass is 15.3. The molecule has 0 saturated heterocycles. The fourth-order valence-corrected chi connectivity index (χ4v) is 1.50. The Kier molecular flexibility index (Phi) is 2.66. The first kappa shape index (κ1) is 11.0. The van der Waals surface area contributed by atoms with E-state index in [9.17, 15) is 0 Å². The fourth-order valence-electron chi connectivity index (χ4n) is 1.50. The number of rotatable bonds is 2. The van der Waals surface area contributed by atoms with Crippen molar-refractivity contribution in [2.75, 3.05) is 11.1 Å². The van der Waals surface area contributed by atoms with E-state index >= 15 is 0 Å². The van der Waals surface area contributed by atoms with Crippen molar-refractivity contribution in [3.63, 3.8) is 0 Å². The van der Waals surface area contributed by atoms with Crippen molar-refractivity contribution in [1.82, 2.24) is 14.8 Å². The Balaban J connectivity index is 2.31. The largest absolute Gasteiger partial charge is 0.396 e. The molecule has 0 aliphatic rings. The summed E-state index contributed by atoms with van der Waals surface area (Å²) in [6.07, 6.45) is 3.32. The van der Waals surface area contributed by atoms with Crippen molar-refractivity contribution >= 4 is 17.2 Å². The number of hydrogen-bond donors (Lipinski definition) is 2. The maximum atomic E-state index is 8.71. The molecule has 2 rings (SSSR count). The van der Waals surface area contributed by atoms with Crippen LogP contribution in [0.4, 0.5) is 17.2 Å². The van der Waals surface area contributed by atoms with E-state index in [1.165, 1.54) is 6.20 Å². The first-order chi connectivity index (χ1) is 8.10. The van der Waals surface area contributed by atoms with E-state index in [2.05, 4.69) is 15.4 Å². The predicted molar refractivity (Wildman–Crippen MR) is 64.6 cm³/mol. The van der Waals surface area contributed by atoms with Gasteiger partial charge in [0.25, 0.3) is 0 Å². The smallest absolute Gasteiger partial charge is 0.153 e. The molecule has 0 saturated carbocycles. The summed E-state index contributed by atoms with van der Waals surface area (Å²) in [6.45, 7) is 1.89. The normalized spacial score (nSPS) is 9.94. The number of nitrogens with one attached hydrogen (secondary N) is 1. The Labute approximate surface area is 98.7 Å². The number of anilines is 3. The minimum Gasteiger partial charge on any atom is -0.396 e. The summed E-state index contributed by atoms with van der Waals surface area (Å²) in [5, 5.41) is 16.0. The number of pyridine rings is 1. The van der Waals surface area contributed by atoms with Crippen molar-refractivity contribution in [3.05, 3.63) is 29.7 Å². The van der Waals surface area contributed by atoms with Gasteiger partial charge in [0.15, 0.2) is 5.82 Å². The molecule has 0 fully saturated rings. The highest BCUT2D eigenvalue weighted by Gasteiger charge is 2.07. The fraction of sp³-hybridized carbons (Fsp3) is 0.182. The number of hydrogen-bond acceptors (Lipinski definition) is 5. The molecule has 2 heterocycles. The third-order valence-corrected chi connectivity index (χ3v) is 2.31. The maximum Gasteiger partial charge on any atom is 0.153 e. The first-order valence-electron chi connectivity index (χ1n) is 5.03. The highest BCUT2D eigenvalue weighted by Crippen LogP contribution is 2.22. The second-order valence-corrected chi connectivity index (χ2v) is 3.70. The topological polar surface area (TPSA) is 92.5 Å². The van der Waals surface area contributed by atoms with E-state index in [1.54, 1.807) is 10.7 Å². The van der Waals surface area contributed by atoms with Gasteiger partial charge >= 0.3 is 0 Å². The van der Waals surface area contributed by atoms with Crippen molar-refractivity contribution in [3.8, 4) is 6.07 Å². The van der Waals surface area contributed by atoms with Gasteiger partial charge in [-0.1, -0.05) is 0 Å². The molecular formula is C11H12N6. The molecular weight excluding hydrogens is 216 g/mol. The molecule has 6 heteroatoms. The molecule has 86 valence electrons. The van der Waals surface area contributed by atoms with Crippen LogP contribution in [0, 0.1) is 18.3 Å². The molecule has 3 N–H and O–H groups in total. The molecule has 0 bridgehead atoms. The van der Waals surface area contributed by atoms with Gasteiger partial charge in [0.05, 0.1) is 22.6 Å². The zero-order valence-corrected chi connectivity index (χ0v) is 9.60. The SMILES string of the molecule is Cc1nn(C)cc1Nc1ncc(C#N)cc1N. The monoisotopic (exact) mass is 228 g/mol. The van der Waals surface area contributed by atoms with E-state index in [0.29, 0.717) is 17.1 Å². The number of nitriles is 1. The molecule has 0 aromatic carbocycles. The maximum absolute atomic E-state index is 8.71. The molecule has 6 nitrogen and oxygen atoms in total. The summed E-state index contributed by atoms with van der Waals surface area (Å²) in [5.41, 5.74) is 8.38. The zero-order valence-electron chi connectivity index (χ0n) is 9.60. The molecule has 0 amide bonds. The van der Waals surface area contributed by atoms with Gasteiger partial charge in [0.1, 0.15) is 6.07 Å². The van der Waals surface area contributed by atoms with Gasteiger partial charge in [0.2, 0.25) is 0 Å². The Morgan fingerprint density at radius 2 is 2.29 bits per heavy atom. The average Bonchev–Trinajstić information content (AvgIpc) is 2.60. The van der Waals surface area contributed by atoms with Crippen LogP contribution >= 0.6 is 0 Å². The third kappa shape index (κ3) is 2.18. The van der Waals surface area contributed by atoms with E-state index in [-0.39, 0.29) is 0 Å². The second-order valence-electron chi connectivity index (χ2n) is 3.70. The standard InChI is InChI=1S/C11H12N6/c1-7-10(6-17(2)16-7)15-11-9(13)3-8(4-12)5-14-11/h3,5-6H,13H2,1-2H3,(H,14,15). The van der Waals surface area contributed by atoms with Gasteiger partial charge in [-0.15, -0.1) is 0 Å². The van der Waals surface area contributed by atoms with Gasteiger partial charge in [-0.2, -0.15) is 10.4 Å². The summed E-state index contributed by atoms with van der Waals surface area (Å²) in [7, 11) is 1.84. The van der Waals surface area contributed by atoms with Crippen LogP contribution in [0.2, 0.25) is 0 Å². The Bertz CT molecular complexity index is 592. The van der Waals surface area contributed by atoms with Crippen LogP contribution in [-0.2, 0) is 7.05 Å². The first-order valence-corrected chi connectivity index (χ1v) is 5.03. The molecule has 0 radical (unpaired) electrons. The molecule has 0 spiro atoms. The lowest BCUT2D eigenvalue weighted by atomic mass is 10.2. The lowest BCUT2D eigenvalue weighted by Crippen LogP contribution is -2.00. The third-order valence-electron chi connectivity index (χ3n) is 2.31. The minimum atomic E-state index is 0.437. The number of aromatic nitrogens is 3. The number of aryl methyl sites for hydroxylation is 2. The van der Waals surface area contributed by atoms with Crippen LogP contribution in [-0.4, -0.2) is 14.8 Å². The molecule has 0 aliphatic heterocycles. The molecule has 2 aromatic heterocycles. The van der Waals surface area contributed by atoms with Gasteiger partial charge in [0, 0.05) is 19.4 Å². The van der Waals surface area contributed by atoms with Crippen molar-refractivity contribution in [1.29, 1.82) is 5.26 Å². The van der Waals surface area contributed by atoms with E-state index < -0.39 is 0 Å². The van der Waals surface area contributed by atoms with Crippen molar-refractivity contribution < 1.29 is 0 Å². The molecule has 2 aromatic rings. The zero-order chi connectivity index (χ0) is 12.4. The number of nitrogens with two attached hydrogens (primary N) is 1. The Hall–Kier alpha value is -2.55. The highest BCUT2D eigenvalue weighted by molar-refractivity contribution is 5.70. The lowest BCUT2D eigenvalue weighted by molar-refractivity contribution is 0.756. The van der Waals surface area contributed by atoms with Gasteiger partial charge < -0.3 is 11.1 Å². The summed E-state index contributed by atoms with van der Waals surface area (Å²) >= 11 is 0. The van der Waals surface area contributed by atoms with Crippen LogP contribution in [0.3, 0.4) is 0 Å². The Morgan fingerprint density at radius 3 is 2.82 bits per heavy atom. The number of nitrogen functional groups attached to an aromatic ring is 1. The van der Waals surface area contributed by atoms with Crippen LogP contribution in [0.5, 0.6) is 0 Å². The van der Waals surface area contributed by atoms with E-state index in [1.807, 2.05) is 26.2 Å². The van der Waals surface area contributed by atoms with Crippen molar-refractivity contribution in [2.45, 2.75) is 6.92 Å². The van der Waals surface area contributed by atoms with Crippen molar-refractivity contribution in [2.24, 2.45) is 7.05 Å². The Morgan fingerprint density at radius 1 is 1.53 bits per heavy atom. The summed E-state index contributed by atoms with van der Waals surface area (Å²) in [5.74, 6) is 0.528. The van der Waals surface area contributed by atoms with E-state index in [0.717, 1.165) is 11.4 Å². The van der Waals surface area contributed by atoms with Gasteiger partial charge in [-0.3, -0.25) is 4.68 Å². The van der Waals surface area contributed by atoms with Gasteiger partial charge in [-0.25, -0.2) is 4.98 Å². The van der Waals surface area contributed by atoms with Crippen LogP contribution in [0.1, 0.15) is 11.3 Å².